The van der Waals surface area contributed by atoms with E-state index in [1.807, 2.05) is 31.2 Å². The molecule has 0 spiro atoms. The molecule has 106 valence electrons. The van der Waals surface area contributed by atoms with Gasteiger partial charge in [0.1, 0.15) is 18.1 Å². The Hall–Kier alpha value is -2.01. The molecule has 5 heteroatoms. The molecular formula is C15H16O4S. The molecule has 0 fully saturated rings. The fourth-order valence-electron chi connectivity index (χ4n) is 1.83. The first-order chi connectivity index (χ1) is 9.65. The minimum atomic E-state index is -0.954. The van der Waals surface area contributed by atoms with E-state index in [0.717, 1.165) is 22.6 Å². The third-order valence-electron chi connectivity index (χ3n) is 2.87. The molecule has 0 radical (unpaired) electrons. The van der Waals surface area contributed by atoms with Gasteiger partial charge < -0.3 is 14.6 Å². The zero-order valence-electron chi connectivity index (χ0n) is 11.4. The fourth-order valence-corrected chi connectivity index (χ4v) is 2.71. The van der Waals surface area contributed by atoms with Gasteiger partial charge in [-0.2, -0.15) is 0 Å². The highest BCUT2D eigenvalue weighted by molar-refractivity contribution is 7.14. The number of ether oxygens (including phenoxy) is 2. The Labute approximate surface area is 121 Å². The molecule has 2 rings (SSSR count). The molecular weight excluding hydrogens is 276 g/mol. The van der Waals surface area contributed by atoms with Gasteiger partial charge in [-0.1, -0.05) is 25.1 Å². The summed E-state index contributed by atoms with van der Waals surface area (Å²) in [5, 5.41) is 9.18. The third-order valence-corrected chi connectivity index (χ3v) is 4.12. The van der Waals surface area contributed by atoms with Gasteiger partial charge in [-0.05, 0) is 18.6 Å². The van der Waals surface area contributed by atoms with E-state index in [1.54, 1.807) is 13.2 Å². The Morgan fingerprint density at radius 2 is 2.05 bits per heavy atom. The van der Waals surface area contributed by atoms with Gasteiger partial charge in [-0.15, -0.1) is 11.3 Å². The van der Waals surface area contributed by atoms with Crippen LogP contribution >= 0.6 is 11.3 Å². The van der Waals surface area contributed by atoms with E-state index < -0.39 is 5.97 Å². The van der Waals surface area contributed by atoms with Gasteiger partial charge in [0.15, 0.2) is 4.88 Å². The van der Waals surface area contributed by atoms with Crippen molar-refractivity contribution < 1.29 is 19.4 Å². The van der Waals surface area contributed by atoms with E-state index in [2.05, 4.69) is 0 Å². The van der Waals surface area contributed by atoms with Crippen LogP contribution in [0.25, 0.3) is 0 Å². The molecule has 0 saturated heterocycles. The average Bonchev–Trinajstić information content (AvgIpc) is 2.89. The van der Waals surface area contributed by atoms with Crippen LogP contribution in [0.3, 0.4) is 0 Å². The van der Waals surface area contributed by atoms with Gasteiger partial charge in [-0.25, -0.2) is 4.79 Å². The molecule has 1 N–H and O–H groups in total. The summed E-state index contributed by atoms with van der Waals surface area (Å²) in [6.45, 7) is 2.27. The van der Waals surface area contributed by atoms with Crippen molar-refractivity contribution in [1.29, 1.82) is 0 Å². The van der Waals surface area contributed by atoms with Gasteiger partial charge in [0, 0.05) is 10.4 Å². The molecule has 0 bridgehead atoms. The maximum atomic E-state index is 11.2. The Bertz CT molecular complexity index is 604. The monoisotopic (exact) mass is 292 g/mol. The number of rotatable bonds is 6. The molecule has 0 unspecified atom stereocenters. The van der Waals surface area contributed by atoms with Crippen LogP contribution in [0.4, 0.5) is 0 Å². The summed E-state index contributed by atoms with van der Waals surface area (Å²) in [4.78, 5) is 12.4. The lowest BCUT2D eigenvalue weighted by atomic mass is 10.2. The molecule has 1 aromatic carbocycles. The summed E-state index contributed by atoms with van der Waals surface area (Å²) in [6.07, 6.45) is 0.795. The Kier molecular flexibility index (Phi) is 4.63. The lowest BCUT2D eigenvalue weighted by Gasteiger charge is -2.09. The normalized spacial score (nSPS) is 10.3. The minimum absolute atomic E-state index is 0.247. The number of hydrogen-bond acceptors (Lipinski definition) is 4. The minimum Gasteiger partial charge on any atom is -0.496 e. The van der Waals surface area contributed by atoms with Crippen molar-refractivity contribution in [1.82, 2.24) is 0 Å². The first kappa shape index (κ1) is 14.4. The largest absolute Gasteiger partial charge is 0.496 e. The number of benzene rings is 1. The highest BCUT2D eigenvalue weighted by Gasteiger charge is 2.16. The smallest absolute Gasteiger partial charge is 0.349 e. The van der Waals surface area contributed by atoms with Gasteiger partial charge in [0.05, 0.1) is 7.11 Å². The molecule has 0 saturated carbocycles. The lowest BCUT2D eigenvalue weighted by Crippen LogP contribution is -2.01. The molecule has 0 aliphatic rings. The van der Waals surface area contributed by atoms with E-state index >= 15 is 0 Å². The predicted octanol–water partition coefficient (Wildman–Crippen LogP) is 3.60. The van der Waals surface area contributed by atoms with Crippen molar-refractivity contribution in [2.24, 2.45) is 0 Å². The number of carboxylic acid groups (broad SMARTS) is 1. The van der Waals surface area contributed by atoms with Gasteiger partial charge >= 0.3 is 5.97 Å². The van der Waals surface area contributed by atoms with Gasteiger partial charge in [0.2, 0.25) is 0 Å². The summed E-state index contributed by atoms with van der Waals surface area (Å²) < 4.78 is 10.9. The Balaban J connectivity index is 2.18. The van der Waals surface area contributed by atoms with E-state index in [1.165, 1.54) is 11.3 Å². The second-order valence-corrected chi connectivity index (χ2v) is 5.30. The van der Waals surface area contributed by atoms with E-state index in [9.17, 15) is 9.90 Å². The van der Waals surface area contributed by atoms with Crippen molar-refractivity contribution in [3.63, 3.8) is 0 Å². The Morgan fingerprint density at radius 1 is 1.30 bits per heavy atom. The molecule has 1 aromatic heterocycles. The number of thiophene rings is 1. The zero-order chi connectivity index (χ0) is 14.5. The van der Waals surface area contributed by atoms with Crippen LogP contribution in [0.15, 0.2) is 30.3 Å². The first-order valence-corrected chi connectivity index (χ1v) is 7.08. The number of para-hydroxylation sites is 1. The molecule has 0 aliphatic heterocycles. The standard InChI is InChI=1S/C15H16O4S/c1-3-11-8-13(14(20-11)15(16)17)19-9-10-6-4-5-7-12(10)18-2/h4-8H,3,9H2,1-2H3,(H,16,17). The van der Waals surface area contributed by atoms with Crippen LogP contribution in [-0.4, -0.2) is 18.2 Å². The topological polar surface area (TPSA) is 55.8 Å². The molecule has 0 amide bonds. The summed E-state index contributed by atoms with van der Waals surface area (Å²) in [5.74, 6) is 0.199. The van der Waals surface area contributed by atoms with Crippen LogP contribution in [0, 0.1) is 0 Å². The highest BCUT2D eigenvalue weighted by atomic mass is 32.1. The summed E-state index contributed by atoms with van der Waals surface area (Å²) in [7, 11) is 1.60. The quantitative estimate of drug-likeness (QED) is 0.884. The maximum Gasteiger partial charge on any atom is 0.349 e. The second-order valence-electron chi connectivity index (χ2n) is 4.17. The predicted molar refractivity (Wildman–Crippen MR) is 78.0 cm³/mol. The van der Waals surface area contributed by atoms with E-state index in [0.29, 0.717) is 5.75 Å². The number of methoxy groups -OCH3 is 1. The molecule has 0 atom stereocenters. The number of aryl methyl sites for hydroxylation is 1. The Morgan fingerprint density at radius 3 is 2.70 bits per heavy atom. The molecule has 0 aliphatic carbocycles. The molecule has 4 nitrogen and oxygen atoms in total. The van der Waals surface area contributed by atoms with E-state index in [-0.39, 0.29) is 11.5 Å². The van der Waals surface area contributed by atoms with Crippen LogP contribution in [-0.2, 0) is 13.0 Å². The molecule has 1 heterocycles. The van der Waals surface area contributed by atoms with Crippen LogP contribution in [0.5, 0.6) is 11.5 Å². The summed E-state index contributed by atoms with van der Waals surface area (Å²) >= 11 is 1.26. The van der Waals surface area contributed by atoms with Crippen molar-refractivity contribution in [3.8, 4) is 11.5 Å². The summed E-state index contributed by atoms with van der Waals surface area (Å²) in [6, 6.07) is 9.31. The number of hydrogen-bond donors (Lipinski definition) is 1. The van der Waals surface area contributed by atoms with Gasteiger partial charge in [-0.3, -0.25) is 0 Å². The lowest BCUT2D eigenvalue weighted by molar-refractivity contribution is 0.0697. The summed E-state index contributed by atoms with van der Waals surface area (Å²) in [5.41, 5.74) is 0.885. The number of carboxylic acids is 1. The van der Waals surface area contributed by atoms with Crippen molar-refractivity contribution >= 4 is 17.3 Å². The van der Waals surface area contributed by atoms with E-state index in [4.69, 9.17) is 9.47 Å². The molecule has 2 aromatic rings. The second kappa shape index (κ2) is 6.43. The molecule has 20 heavy (non-hydrogen) atoms. The average molecular weight is 292 g/mol. The van der Waals surface area contributed by atoms with Crippen molar-refractivity contribution in [2.75, 3.05) is 7.11 Å². The highest BCUT2D eigenvalue weighted by Crippen LogP contribution is 2.31. The number of aromatic carboxylic acids is 1. The van der Waals surface area contributed by atoms with Crippen molar-refractivity contribution in [3.05, 3.63) is 45.6 Å². The number of carbonyl (C=O) groups is 1. The first-order valence-electron chi connectivity index (χ1n) is 6.26. The van der Waals surface area contributed by atoms with Crippen molar-refractivity contribution in [2.45, 2.75) is 20.0 Å². The fraction of sp³-hybridized carbons (Fsp3) is 0.267. The van der Waals surface area contributed by atoms with Crippen LogP contribution in [0.1, 0.15) is 27.0 Å². The SMILES string of the molecule is CCc1cc(OCc2ccccc2OC)c(C(=O)O)s1. The van der Waals surface area contributed by atoms with Gasteiger partial charge in [0.25, 0.3) is 0 Å². The zero-order valence-corrected chi connectivity index (χ0v) is 12.2. The van der Waals surface area contributed by atoms with Crippen LogP contribution < -0.4 is 9.47 Å². The maximum absolute atomic E-state index is 11.2. The third kappa shape index (κ3) is 3.11. The van der Waals surface area contributed by atoms with Crippen LogP contribution in [0.2, 0.25) is 0 Å².